The third kappa shape index (κ3) is 3.49. The molecule has 4 rings (SSSR count). The van der Waals surface area contributed by atoms with Crippen molar-refractivity contribution in [2.24, 2.45) is 5.92 Å². The zero-order chi connectivity index (χ0) is 19.0. The van der Waals surface area contributed by atoms with E-state index >= 15 is 0 Å². The number of carbonyl (C=O) groups is 1. The van der Waals surface area contributed by atoms with Crippen molar-refractivity contribution in [3.8, 4) is 0 Å². The van der Waals surface area contributed by atoms with E-state index in [9.17, 15) is 9.18 Å². The number of amides is 1. The minimum atomic E-state index is -0.203. The van der Waals surface area contributed by atoms with Gasteiger partial charge in [0, 0.05) is 31.4 Å². The molecule has 1 saturated heterocycles. The first-order valence-electron chi connectivity index (χ1n) is 9.13. The molecule has 3 aromatic rings. The number of halogens is 1. The van der Waals surface area contributed by atoms with Gasteiger partial charge in [-0.25, -0.2) is 13.9 Å². The second kappa shape index (κ2) is 6.98. The lowest BCUT2D eigenvalue weighted by atomic mass is 10.1. The summed E-state index contributed by atoms with van der Waals surface area (Å²) in [7, 11) is 0. The SMILES string of the molecule is Cc1cc2nc(C(=O)NC[C@H]3CCN(c4ccccc4F)C3)cc(C)n2n1. The highest BCUT2D eigenvalue weighted by Gasteiger charge is 2.25. The zero-order valence-electron chi connectivity index (χ0n) is 15.4. The molecule has 1 aliphatic heterocycles. The van der Waals surface area contributed by atoms with Gasteiger partial charge in [0.15, 0.2) is 5.65 Å². The van der Waals surface area contributed by atoms with Crippen LogP contribution in [0.5, 0.6) is 0 Å². The normalized spacial score (nSPS) is 16.9. The first kappa shape index (κ1) is 17.5. The molecule has 1 atom stereocenters. The van der Waals surface area contributed by atoms with Gasteiger partial charge in [-0.15, -0.1) is 0 Å². The molecule has 140 valence electrons. The minimum absolute atomic E-state index is 0.191. The summed E-state index contributed by atoms with van der Waals surface area (Å²) in [4.78, 5) is 19.0. The van der Waals surface area contributed by atoms with Gasteiger partial charge in [0.2, 0.25) is 0 Å². The van der Waals surface area contributed by atoms with E-state index in [1.807, 2.05) is 30.9 Å². The predicted octanol–water partition coefficient (Wildman–Crippen LogP) is 2.74. The second-order valence-corrected chi connectivity index (χ2v) is 7.10. The number of nitrogens with one attached hydrogen (secondary N) is 1. The van der Waals surface area contributed by atoms with Crippen LogP contribution in [0.15, 0.2) is 36.4 Å². The van der Waals surface area contributed by atoms with Gasteiger partial charge in [0.1, 0.15) is 11.5 Å². The molecule has 7 heteroatoms. The van der Waals surface area contributed by atoms with E-state index < -0.39 is 0 Å². The maximum atomic E-state index is 13.9. The number of aromatic nitrogens is 3. The average molecular weight is 367 g/mol. The van der Waals surface area contributed by atoms with Gasteiger partial charge >= 0.3 is 0 Å². The van der Waals surface area contributed by atoms with Crippen molar-refractivity contribution >= 4 is 17.2 Å². The largest absolute Gasteiger partial charge is 0.369 e. The van der Waals surface area contributed by atoms with Crippen LogP contribution in [-0.2, 0) is 0 Å². The molecule has 2 aromatic heterocycles. The Labute approximate surface area is 157 Å². The fourth-order valence-electron chi connectivity index (χ4n) is 3.61. The van der Waals surface area contributed by atoms with Crippen LogP contribution in [0.25, 0.3) is 5.65 Å². The number of hydrogen-bond acceptors (Lipinski definition) is 4. The van der Waals surface area contributed by atoms with Crippen LogP contribution in [0, 0.1) is 25.6 Å². The van der Waals surface area contributed by atoms with Gasteiger partial charge in [-0.2, -0.15) is 5.10 Å². The van der Waals surface area contributed by atoms with E-state index in [0.717, 1.165) is 30.9 Å². The molecular weight excluding hydrogens is 345 g/mol. The molecule has 0 spiro atoms. The van der Waals surface area contributed by atoms with Crippen LogP contribution in [-0.4, -0.2) is 40.1 Å². The molecule has 0 saturated carbocycles. The Morgan fingerprint density at radius 2 is 2.11 bits per heavy atom. The summed E-state index contributed by atoms with van der Waals surface area (Å²) in [5.74, 6) is -0.106. The molecule has 27 heavy (non-hydrogen) atoms. The number of anilines is 1. The fraction of sp³-hybridized carbons (Fsp3) is 0.350. The van der Waals surface area contributed by atoms with Crippen molar-refractivity contribution in [1.82, 2.24) is 19.9 Å². The molecular formula is C20H22FN5O. The Morgan fingerprint density at radius 3 is 2.93 bits per heavy atom. The summed E-state index contributed by atoms with van der Waals surface area (Å²) in [5.41, 5.74) is 3.42. The van der Waals surface area contributed by atoms with Crippen LogP contribution in [0.1, 0.15) is 28.3 Å². The van der Waals surface area contributed by atoms with Crippen molar-refractivity contribution in [2.45, 2.75) is 20.3 Å². The van der Waals surface area contributed by atoms with Gasteiger partial charge in [-0.3, -0.25) is 4.79 Å². The van der Waals surface area contributed by atoms with Crippen molar-refractivity contribution in [3.63, 3.8) is 0 Å². The first-order chi connectivity index (χ1) is 13.0. The Bertz CT molecular complexity index is 999. The van der Waals surface area contributed by atoms with Crippen molar-refractivity contribution in [2.75, 3.05) is 24.5 Å². The number of nitrogens with zero attached hydrogens (tertiary/aromatic N) is 4. The van der Waals surface area contributed by atoms with Gasteiger partial charge in [-0.1, -0.05) is 12.1 Å². The van der Waals surface area contributed by atoms with Crippen LogP contribution < -0.4 is 10.2 Å². The number of carbonyl (C=O) groups excluding carboxylic acids is 1. The summed E-state index contributed by atoms with van der Waals surface area (Å²) < 4.78 is 15.7. The molecule has 0 unspecified atom stereocenters. The summed E-state index contributed by atoms with van der Waals surface area (Å²) >= 11 is 0. The van der Waals surface area contributed by atoms with Crippen LogP contribution in [0.4, 0.5) is 10.1 Å². The van der Waals surface area contributed by atoms with Gasteiger partial charge in [-0.05, 0) is 44.4 Å². The molecule has 6 nitrogen and oxygen atoms in total. The molecule has 1 aromatic carbocycles. The Hall–Kier alpha value is -2.96. The van der Waals surface area contributed by atoms with Crippen LogP contribution in [0.2, 0.25) is 0 Å². The van der Waals surface area contributed by atoms with E-state index in [2.05, 4.69) is 15.4 Å². The third-order valence-corrected chi connectivity index (χ3v) is 4.99. The lowest BCUT2D eigenvalue weighted by molar-refractivity contribution is 0.0943. The number of hydrogen-bond donors (Lipinski definition) is 1. The smallest absolute Gasteiger partial charge is 0.270 e. The van der Waals surface area contributed by atoms with E-state index in [-0.39, 0.29) is 17.6 Å². The molecule has 3 heterocycles. The third-order valence-electron chi connectivity index (χ3n) is 4.99. The first-order valence-corrected chi connectivity index (χ1v) is 9.13. The van der Waals surface area contributed by atoms with E-state index in [1.165, 1.54) is 6.07 Å². The zero-order valence-corrected chi connectivity index (χ0v) is 15.4. The summed E-state index contributed by atoms with van der Waals surface area (Å²) in [6.07, 6.45) is 0.919. The predicted molar refractivity (Wildman–Crippen MR) is 102 cm³/mol. The number of rotatable bonds is 4. The standard InChI is InChI=1S/C20H22FN5O/c1-13-9-19-23-17(10-14(2)26(19)24-13)20(27)22-11-15-7-8-25(12-15)18-6-4-3-5-16(18)21/h3-6,9-10,15H,7-8,11-12H2,1-2H3,(H,22,27)/t15-/m1/s1. The Morgan fingerprint density at radius 1 is 1.30 bits per heavy atom. The molecule has 1 N–H and O–H groups in total. The Balaban J connectivity index is 1.39. The maximum absolute atomic E-state index is 13.9. The maximum Gasteiger partial charge on any atom is 0.270 e. The molecule has 1 aliphatic rings. The van der Waals surface area contributed by atoms with Crippen molar-refractivity contribution < 1.29 is 9.18 Å². The number of aryl methyl sites for hydroxylation is 2. The topological polar surface area (TPSA) is 62.5 Å². The van der Waals surface area contributed by atoms with E-state index in [1.54, 1.807) is 22.7 Å². The molecule has 1 amide bonds. The number of fused-ring (bicyclic) bond motifs is 1. The number of benzene rings is 1. The summed E-state index contributed by atoms with van der Waals surface area (Å²) in [5, 5.41) is 7.33. The molecule has 0 bridgehead atoms. The summed E-state index contributed by atoms with van der Waals surface area (Å²) in [6, 6.07) is 10.4. The number of para-hydroxylation sites is 1. The average Bonchev–Trinajstić information content (AvgIpc) is 3.26. The van der Waals surface area contributed by atoms with Crippen LogP contribution >= 0.6 is 0 Å². The van der Waals surface area contributed by atoms with Gasteiger partial charge in [0.25, 0.3) is 5.91 Å². The highest BCUT2D eigenvalue weighted by Crippen LogP contribution is 2.25. The Kier molecular flexibility index (Phi) is 4.51. The molecule has 0 aliphatic carbocycles. The quantitative estimate of drug-likeness (QED) is 0.770. The van der Waals surface area contributed by atoms with Crippen molar-refractivity contribution in [1.29, 1.82) is 0 Å². The van der Waals surface area contributed by atoms with E-state index in [0.29, 0.717) is 23.6 Å². The molecule has 0 radical (unpaired) electrons. The lowest BCUT2D eigenvalue weighted by Gasteiger charge is -2.19. The van der Waals surface area contributed by atoms with Crippen LogP contribution in [0.3, 0.4) is 0 Å². The highest BCUT2D eigenvalue weighted by atomic mass is 19.1. The van der Waals surface area contributed by atoms with Gasteiger partial charge in [0.05, 0.1) is 11.4 Å². The minimum Gasteiger partial charge on any atom is -0.369 e. The second-order valence-electron chi connectivity index (χ2n) is 7.10. The molecule has 1 fully saturated rings. The van der Waals surface area contributed by atoms with Gasteiger partial charge < -0.3 is 10.2 Å². The highest BCUT2D eigenvalue weighted by molar-refractivity contribution is 5.92. The lowest BCUT2D eigenvalue weighted by Crippen LogP contribution is -2.31. The van der Waals surface area contributed by atoms with E-state index in [4.69, 9.17) is 0 Å². The summed E-state index contributed by atoms with van der Waals surface area (Å²) in [6.45, 7) is 5.87. The monoisotopic (exact) mass is 367 g/mol. The van der Waals surface area contributed by atoms with Crippen molar-refractivity contribution in [3.05, 3.63) is 59.3 Å². The fourth-order valence-corrected chi connectivity index (χ4v) is 3.61.